The van der Waals surface area contributed by atoms with Gasteiger partial charge in [0.2, 0.25) is 0 Å². The lowest BCUT2D eigenvalue weighted by Crippen LogP contribution is -2.25. The van der Waals surface area contributed by atoms with Crippen LogP contribution in [0.2, 0.25) is 0 Å². The summed E-state index contributed by atoms with van der Waals surface area (Å²) in [6, 6.07) is 84.0. The van der Waals surface area contributed by atoms with Gasteiger partial charge in [-0.1, -0.05) is 170 Å². The molecule has 14 rings (SSSR count). The number of nitrogens with zero attached hydrogens (tertiary/aromatic N) is 1. The molecule has 0 saturated heterocycles. The average Bonchev–Trinajstić information content (AvgIpc) is 4.10. The third-order valence-corrected chi connectivity index (χ3v) is 16.2. The van der Waals surface area contributed by atoms with Gasteiger partial charge in [-0.15, -0.1) is 22.7 Å². The highest BCUT2D eigenvalue weighted by atomic mass is 32.1. The third-order valence-electron chi connectivity index (χ3n) is 13.9. The van der Waals surface area contributed by atoms with E-state index >= 15 is 0 Å². The van der Waals surface area contributed by atoms with Gasteiger partial charge in [0, 0.05) is 51.7 Å². The summed E-state index contributed by atoms with van der Waals surface area (Å²) >= 11 is 3.73. The van der Waals surface area contributed by atoms with Crippen molar-refractivity contribution in [1.29, 1.82) is 0 Å². The van der Waals surface area contributed by atoms with Crippen molar-refractivity contribution >= 4 is 80.1 Å². The van der Waals surface area contributed by atoms with Crippen molar-refractivity contribution in [3.63, 3.8) is 0 Å². The van der Waals surface area contributed by atoms with E-state index in [0.29, 0.717) is 0 Å². The number of hydrogen-bond donors (Lipinski definition) is 0. The molecule has 64 heavy (non-hydrogen) atoms. The Balaban J connectivity index is 0.985. The molecule has 0 fully saturated rings. The fourth-order valence-electron chi connectivity index (χ4n) is 11.4. The molecule has 2 aliphatic rings. The Morgan fingerprint density at radius 3 is 1.61 bits per heavy atom. The number of fused-ring (bicyclic) bond motifs is 16. The Hall–Kier alpha value is -7.56. The molecule has 0 unspecified atom stereocenters. The number of rotatable bonds is 5. The van der Waals surface area contributed by atoms with Crippen molar-refractivity contribution < 1.29 is 0 Å². The largest absolute Gasteiger partial charge is 0.310 e. The van der Waals surface area contributed by atoms with Gasteiger partial charge in [-0.2, -0.15) is 0 Å². The SMILES string of the molecule is c1cc(-c2ccccc2-c2cccc3c2-c2ccccc2C32c3ccccc3-c3ccccc32)cc(N(c2ccc3sc4ccccc4c3c2)c2cccc3sc4ccccc4c23)c1. The number of hydrogen-bond acceptors (Lipinski definition) is 3. The molecule has 2 heterocycles. The van der Waals surface area contributed by atoms with Crippen molar-refractivity contribution in [2.75, 3.05) is 4.90 Å². The summed E-state index contributed by atoms with van der Waals surface area (Å²) < 4.78 is 5.20. The van der Waals surface area contributed by atoms with Crippen molar-refractivity contribution in [3.8, 4) is 44.5 Å². The van der Waals surface area contributed by atoms with Gasteiger partial charge in [-0.05, 0) is 121 Å². The highest BCUT2D eigenvalue weighted by molar-refractivity contribution is 7.26. The summed E-state index contributed by atoms with van der Waals surface area (Å²) in [5, 5.41) is 5.16. The summed E-state index contributed by atoms with van der Waals surface area (Å²) in [5.41, 5.74) is 18.6. The summed E-state index contributed by atoms with van der Waals surface area (Å²) in [7, 11) is 0. The van der Waals surface area contributed by atoms with Crippen LogP contribution in [0, 0.1) is 0 Å². The molecule has 1 nitrogen and oxygen atoms in total. The van der Waals surface area contributed by atoms with E-state index in [1.54, 1.807) is 0 Å². The lowest BCUT2D eigenvalue weighted by Gasteiger charge is -2.30. The van der Waals surface area contributed by atoms with Crippen LogP contribution in [0.3, 0.4) is 0 Å². The third kappa shape index (κ3) is 4.94. The Bertz CT molecular complexity index is 3840. The molecule has 298 valence electrons. The minimum Gasteiger partial charge on any atom is -0.310 e. The summed E-state index contributed by atoms with van der Waals surface area (Å²) in [6.45, 7) is 0. The van der Waals surface area contributed by atoms with Crippen molar-refractivity contribution in [2.45, 2.75) is 5.41 Å². The van der Waals surface area contributed by atoms with Crippen LogP contribution in [0.25, 0.3) is 84.9 Å². The maximum atomic E-state index is 2.49. The topological polar surface area (TPSA) is 3.24 Å². The van der Waals surface area contributed by atoms with E-state index in [1.807, 2.05) is 22.7 Å². The average molecular weight is 848 g/mol. The van der Waals surface area contributed by atoms with Crippen LogP contribution < -0.4 is 4.90 Å². The van der Waals surface area contributed by atoms with E-state index in [9.17, 15) is 0 Å². The molecule has 0 radical (unpaired) electrons. The fourth-order valence-corrected chi connectivity index (χ4v) is 13.6. The van der Waals surface area contributed by atoms with E-state index in [1.165, 1.54) is 113 Å². The Morgan fingerprint density at radius 1 is 0.312 bits per heavy atom. The highest BCUT2D eigenvalue weighted by Crippen LogP contribution is 2.64. The predicted octanol–water partition coefficient (Wildman–Crippen LogP) is 17.6. The lowest BCUT2D eigenvalue weighted by atomic mass is 9.70. The quantitative estimate of drug-likeness (QED) is 0.167. The van der Waals surface area contributed by atoms with E-state index in [2.05, 4.69) is 229 Å². The molecule has 10 aromatic carbocycles. The van der Waals surface area contributed by atoms with Gasteiger partial charge < -0.3 is 4.90 Å². The Kier molecular flexibility index (Phi) is 7.71. The molecule has 12 aromatic rings. The van der Waals surface area contributed by atoms with Crippen LogP contribution in [-0.2, 0) is 5.41 Å². The summed E-state index contributed by atoms with van der Waals surface area (Å²) in [5.74, 6) is 0. The van der Waals surface area contributed by atoms with Gasteiger partial charge in [0.1, 0.15) is 0 Å². The first-order valence-corrected chi connectivity index (χ1v) is 23.6. The number of anilines is 3. The predicted molar refractivity (Wildman–Crippen MR) is 274 cm³/mol. The molecule has 0 saturated carbocycles. The molecule has 2 aliphatic carbocycles. The van der Waals surface area contributed by atoms with Crippen molar-refractivity contribution in [2.24, 2.45) is 0 Å². The second-order valence-corrected chi connectivity index (χ2v) is 19.2. The minimum atomic E-state index is -0.397. The van der Waals surface area contributed by atoms with Gasteiger partial charge in [0.15, 0.2) is 0 Å². The molecule has 0 atom stereocenters. The first kappa shape index (κ1) is 36.0. The molecular weight excluding hydrogens is 811 g/mol. The van der Waals surface area contributed by atoms with E-state index in [0.717, 1.165) is 11.4 Å². The number of thiophene rings is 2. The van der Waals surface area contributed by atoms with Gasteiger partial charge >= 0.3 is 0 Å². The standard InChI is InChI=1S/C61H37NS2/c1-2-19-42(46-25-14-29-53-59(46)47-23-5-10-28-52(47)61(53)50-26-8-3-20-43(50)44-21-4-9-27-51(44)61)41(18-1)38-16-13-17-39(36-38)62(40-34-35-57-49(37-40)45-22-6-11-31-55(45)63-57)54-30-15-33-58-60(54)48-24-7-12-32-56(48)64-58/h1-37H. The minimum absolute atomic E-state index is 0.397. The van der Waals surface area contributed by atoms with E-state index in [4.69, 9.17) is 0 Å². The number of benzene rings is 10. The summed E-state index contributed by atoms with van der Waals surface area (Å²) in [6.07, 6.45) is 0. The monoisotopic (exact) mass is 847 g/mol. The summed E-state index contributed by atoms with van der Waals surface area (Å²) in [4.78, 5) is 2.49. The van der Waals surface area contributed by atoms with Crippen LogP contribution in [0.4, 0.5) is 17.1 Å². The zero-order valence-electron chi connectivity index (χ0n) is 34.6. The highest BCUT2D eigenvalue weighted by Gasteiger charge is 2.52. The molecule has 0 bridgehead atoms. The molecule has 3 heteroatoms. The van der Waals surface area contributed by atoms with Crippen LogP contribution in [-0.4, -0.2) is 0 Å². The van der Waals surface area contributed by atoms with Crippen LogP contribution in [0.5, 0.6) is 0 Å². The molecule has 0 N–H and O–H groups in total. The Labute approximate surface area is 379 Å². The maximum Gasteiger partial charge on any atom is 0.0725 e. The normalized spacial score (nSPS) is 13.1. The molecule has 0 amide bonds. The van der Waals surface area contributed by atoms with Crippen molar-refractivity contribution in [3.05, 3.63) is 247 Å². The fraction of sp³-hybridized carbons (Fsp3) is 0.0164. The molecule has 2 aromatic heterocycles. The van der Waals surface area contributed by atoms with Gasteiger partial charge in [-0.25, -0.2) is 0 Å². The van der Waals surface area contributed by atoms with Crippen molar-refractivity contribution in [1.82, 2.24) is 0 Å². The first-order valence-electron chi connectivity index (χ1n) is 22.0. The zero-order chi connectivity index (χ0) is 41.9. The molecular formula is C61H37NS2. The van der Waals surface area contributed by atoms with Gasteiger partial charge in [0.05, 0.1) is 11.1 Å². The second-order valence-electron chi connectivity index (χ2n) is 17.1. The molecule has 1 spiro atoms. The Morgan fingerprint density at radius 2 is 0.828 bits per heavy atom. The first-order chi connectivity index (χ1) is 31.8. The smallest absolute Gasteiger partial charge is 0.0725 e. The van der Waals surface area contributed by atoms with Crippen LogP contribution >= 0.6 is 22.7 Å². The second kappa shape index (κ2) is 13.7. The van der Waals surface area contributed by atoms with E-state index in [-0.39, 0.29) is 0 Å². The maximum absolute atomic E-state index is 2.49. The van der Waals surface area contributed by atoms with Gasteiger partial charge in [-0.3, -0.25) is 0 Å². The van der Waals surface area contributed by atoms with E-state index < -0.39 is 5.41 Å². The van der Waals surface area contributed by atoms with Gasteiger partial charge in [0.25, 0.3) is 0 Å². The van der Waals surface area contributed by atoms with Crippen LogP contribution in [0.15, 0.2) is 224 Å². The molecule has 0 aliphatic heterocycles. The zero-order valence-corrected chi connectivity index (χ0v) is 36.3. The lowest BCUT2D eigenvalue weighted by molar-refractivity contribution is 0.794. The van der Waals surface area contributed by atoms with Crippen LogP contribution in [0.1, 0.15) is 22.3 Å².